The Morgan fingerprint density at radius 2 is 1.69 bits per heavy atom. The second-order valence-electron chi connectivity index (χ2n) is 8.20. The van der Waals surface area contributed by atoms with E-state index in [1.54, 1.807) is 0 Å². The summed E-state index contributed by atoms with van der Waals surface area (Å²) in [5.41, 5.74) is 5.11. The predicted molar refractivity (Wildman–Crippen MR) is 117 cm³/mol. The zero-order chi connectivity index (χ0) is 21.0. The summed E-state index contributed by atoms with van der Waals surface area (Å²) in [5, 5.41) is 2.99. The lowest BCUT2D eigenvalue weighted by Gasteiger charge is -2.34. The molecule has 0 spiro atoms. The number of nitrogens with one attached hydrogen (secondary N) is 1. The maximum atomic E-state index is 12.7. The molecule has 1 aliphatic heterocycles. The third-order valence-corrected chi connectivity index (χ3v) is 5.62. The fourth-order valence-corrected chi connectivity index (χ4v) is 3.55. The van der Waals surface area contributed by atoms with Crippen molar-refractivity contribution in [2.24, 2.45) is 0 Å². The largest absolute Gasteiger partial charge is 0.336 e. The summed E-state index contributed by atoms with van der Waals surface area (Å²) >= 11 is 0. The van der Waals surface area contributed by atoms with E-state index in [1.165, 1.54) is 11.1 Å². The van der Waals surface area contributed by atoms with Crippen molar-refractivity contribution in [1.82, 2.24) is 9.80 Å². The van der Waals surface area contributed by atoms with Gasteiger partial charge in [-0.3, -0.25) is 14.5 Å². The molecule has 1 saturated heterocycles. The molecule has 1 aliphatic rings. The fourth-order valence-electron chi connectivity index (χ4n) is 3.55. The highest BCUT2D eigenvalue weighted by molar-refractivity contribution is 5.95. The van der Waals surface area contributed by atoms with Gasteiger partial charge in [0.1, 0.15) is 0 Å². The summed E-state index contributed by atoms with van der Waals surface area (Å²) in [5.74, 6) is 0.484. The Morgan fingerprint density at radius 1 is 0.966 bits per heavy atom. The average Bonchev–Trinajstić information content (AvgIpc) is 2.70. The number of carbonyl (C=O) groups excluding carboxylic acids is 2. The van der Waals surface area contributed by atoms with Crippen molar-refractivity contribution in [2.45, 2.75) is 33.6 Å². The van der Waals surface area contributed by atoms with Crippen LogP contribution in [0.15, 0.2) is 42.5 Å². The van der Waals surface area contributed by atoms with Crippen LogP contribution in [-0.4, -0.2) is 54.3 Å². The van der Waals surface area contributed by atoms with Gasteiger partial charge in [0.05, 0.1) is 6.54 Å². The molecule has 1 N–H and O–H groups in total. The van der Waals surface area contributed by atoms with E-state index in [-0.39, 0.29) is 11.8 Å². The minimum Gasteiger partial charge on any atom is -0.336 e. The lowest BCUT2D eigenvalue weighted by Crippen LogP contribution is -2.50. The van der Waals surface area contributed by atoms with Gasteiger partial charge in [-0.15, -0.1) is 0 Å². The summed E-state index contributed by atoms with van der Waals surface area (Å²) in [6.07, 6.45) is 0. The van der Waals surface area contributed by atoms with E-state index in [9.17, 15) is 9.59 Å². The molecule has 2 aromatic rings. The molecule has 0 radical (unpaired) electrons. The van der Waals surface area contributed by atoms with Gasteiger partial charge in [0.25, 0.3) is 5.91 Å². The molecule has 29 heavy (non-hydrogen) atoms. The Kier molecular flexibility index (Phi) is 6.70. The summed E-state index contributed by atoms with van der Waals surface area (Å²) in [6.45, 7) is 11.4. The van der Waals surface area contributed by atoms with Gasteiger partial charge in [0, 0.05) is 37.4 Å². The maximum Gasteiger partial charge on any atom is 0.253 e. The molecule has 5 nitrogen and oxygen atoms in total. The first-order chi connectivity index (χ1) is 13.8. The number of piperazine rings is 1. The second kappa shape index (κ2) is 9.23. The number of benzene rings is 2. The molecule has 2 aromatic carbocycles. The van der Waals surface area contributed by atoms with Crippen molar-refractivity contribution in [1.29, 1.82) is 0 Å². The van der Waals surface area contributed by atoms with Crippen LogP contribution in [0.3, 0.4) is 0 Å². The van der Waals surface area contributed by atoms with Gasteiger partial charge in [0.15, 0.2) is 0 Å². The molecule has 0 unspecified atom stereocenters. The molecule has 3 rings (SSSR count). The Balaban J connectivity index is 1.50. The van der Waals surface area contributed by atoms with Gasteiger partial charge >= 0.3 is 0 Å². The Bertz CT molecular complexity index is 883. The average molecular weight is 394 g/mol. The van der Waals surface area contributed by atoms with Crippen molar-refractivity contribution in [2.75, 3.05) is 38.0 Å². The Labute approximate surface area is 173 Å². The number of rotatable bonds is 5. The molecule has 0 bridgehead atoms. The van der Waals surface area contributed by atoms with E-state index in [0.29, 0.717) is 38.6 Å². The van der Waals surface area contributed by atoms with E-state index in [2.05, 4.69) is 30.1 Å². The summed E-state index contributed by atoms with van der Waals surface area (Å²) in [7, 11) is 0. The first kappa shape index (κ1) is 21.1. The molecular formula is C24H31N3O2. The molecule has 0 saturated carbocycles. The van der Waals surface area contributed by atoms with E-state index in [4.69, 9.17) is 0 Å². The molecule has 5 heteroatoms. The zero-order valence-corrected chi connectivity index (χ0v) is 17.9. The van der Waals surface area contributed by atoms with E-state index < -0.39 is 0 Å². The smallest absolute Gasteiger partial charge is 0.253 e. The van der Waals surface area contributed by atoms with Gasteiger partial charge in [-0.1, -0.05) is 32.0 Å². The molecular weight excluding hydrogens is 362 g/mol. The SMILES string of the molecule is Cc1ccc(C(=O)N2CCN(CC(=O)Nc3cccc(C(C)C)c3)CC2)cc1C. The highest BCUT2D eigenvalue weighted by Crippen LogP contribution is 2.18. The summed E-state index contributed by atoms with van der Waals surface area (Å²) < 4.78 is 0. The third kappa shape index (κ3) is 5.45. The van der Waals surface area contributed by atoms with Crippen molar-refractivity contribution in [3.63, 3.8) is 0 Å². The molecule has 1 fully saturated rings. The van der Waals surface area contributed by atoms with Crippen LogP contribution in [0.1, 0.15) is 46.8 Å². The van der Waals surface area contributed by atoms with Crippen LogP contribution in [0.2, 0.25) is 0 Å². The molecule has 0 aromatic heterocycles. The normalized spacial score (nSPS) is 14.9. The Hall–Kier alpha value is -2.66. The number of nitrogens with zero attached hydrogens (tertiary/aromatic N) is 2. The van der Waals surface area contributed by atoms with Gasteiger partial charge in [-0.05, 0) is 60.7 Å². The molecule has 2 amide bonds. The quantitative estimate of drug-likeness (QED) is 0.840. The zero-order valence-electron chi connectivity index (χ0n) is 17.9. The van der Waals surface area contributed by atoms with E-state index >= 15 is 0 Å². The minimum atomic E-state index is -0.0140. The monoisotopic (exact) mass is 393 g/mol. The predicted octanol–water partition coefficient (Wildman–Crippen LogP) is 3.82. The van der Waals surface area contributed by atoms with Crippen LogP contribution in [0.25, 0.3) is 0 Å². The van der Waals surface area contributed by atoms with Gasteiger partial charge in [-0.25, -0.2) is 0 Å². The lowest BCUT2D eigenvalue weighted by molar-refractivity contribution is -0.117. The van der Waals surface area contributed by atoms with Crippen molar-refractivity contribution < 1.29 is 9.59 Å². The molecule has 1 heterocycles. The Morgan fingerprint density at radius 3 is 2.34 bits per heavy atom. The van der Waals surface area contributed by atoms with E-state index in [1.807, 2.05) is 55.1 Å². The first-order valence-corrected chi connectivity index (χ1v) is 10.3. The standard InChI is InChI=1S/C24H31N3O2/c1-17(2)20-6-5-7-22(15-20)25-23(28)16-26-10-12-27(13-11-26)24(29)21-9-8-18(3)19(4)14-21/h5-9,14-15,17H,10-13,16H2,1-4H3,(H,25,28). The summed E-state index contributed by atoms with van der Waals surface area (Å²) in [6, 6.07) is 13.9. The highest BCUT2D eigenvalue weighted by Gasteiger charge is 2.23. The number of aryl methyl sites for hydroxylation is 2. The number of anilines is 1. The first-order valence-electron chi connectivity index (χ1n) is 10.3. The second-order valence-corrected chi connectivity index (χ2v) is 8.20. The maximum absolute atomic E-state index is 12.7. The van der Waals surface area contributed by atoms with E-state index in [0.717, 1.165) is 16.8 Å². The van der Waals surface area contributed by atoms with Gasteiger partial charge in [0.2, 0.25) is 5.91 Å². The third-order valence-electron chi connectivity index (χ3n) is 5.62. The fraction of sp³-hybridized carbons (Fsp3) is 0.417. The molecule has 154 valence electrons. The topological polar surface area (TPSA) is 52.7 Å². The highest BCUT2D eigenvalue weighted by atomic mass is 16.2. The van der Waals surface area contributed by atoms with Crippen LogP contribution in [-0.2, 0) is 4.79 Å². The number of carbonyl (C=O) groups is 2. The number of hydrogen-bond acceptors (Lipinski definition) is 3. The van der Waals surface area contributed by atoms with Crippen LogP contribution in [0, 0.1) is 13.8 Å². The summed E-state index contributed by atoms with van der Waals surface area (Å²) in [4.78, 5) is 29.2. The number of hydrogen-bond donors (Lipinski definition) is 1. The van der Waals surface area contributed by atoms with Crippen molar-refractivity contribution in [3.05, 3.63) is 64.7 Å². The van der Waals surface area contributed by atoms with Crippen LogP contribution in [0.4, 0.5) is 5.69 Å². The molecule has 0 aliphatic carbocycles. The number of amides is 2. The minimum absolute atomic E-state index is 0.0140. The van der Waals surface area contributed by atoms with Crippen LogP contribution in [0.5, 0.6) is 0 Å². The van der Waals surface area contributed by atoms with Crippen molar-refractivity contribution in [3.8, 4) is 0 Å². The van der Waals surface area contributed by atoms with Gasteiger partial charge in [-0.2, -0.15) is 0 Å². The van der Waals surface area contributed by atoms with Gasteiger partial charge < -0.3 is 10.2 Å². The molecule has 0 atom stereocenters. The lowest BCUT2D eigenvalue weighted by atomic mass is 10.0. The van der Waals surface area contributed by atoms with Crippen LogP contribution < -0.4 is 5.32 Å². The van der Waals surface area contributed by atoms with Crippen molar-refractivity contribution >= 4 is 17.5 Å². The van der Waals surface area contributed by atoms with Crippen LogP contribution >= 0.6 is 0 Å².